The normalized spacial score (nSPS) is 12.3. The molecule has 0 aliphatic heterocycles. The van der Waals surface area contributed by atoms with Crippen LogP contribution in [-0.2, 0) is 4.79 Å². The summed E-state index contributed by atoms with van der Waals surface area (Å²) in [4.78, 5) is 11.9. The van der Waals surface area contributed by atoms with Crippen LogP contribution in [-0.4, -0.2) is 17.2 Å². The number of hydrogen-bond donors (Lipinski definition) is 2. The van der Waals surface area contributed by atoms with Crippen molar-refractivity contribution in [1.82, 2.24) is 5.43 Å². The number of carbonyl (C=O) groups excluding carboxylic acids is 1. The average molecular weight is 389 g/mol. The minimum absolute atomic E-state index is 0.417. The molecule has 0 aliphatic carbocycles. The summed E-state index contributed by atoms with van der Waals surface area (Å²) in [7, 11) is 0. The van der Waals surface area contributed by atoms with E-state index < -0.39 is 12.0 Å². The van der Waals surface area contributed by atoms with Crippen LogP contribution in [0, 0.1) is 0 Å². The molecular weight excluding hydrogens is 375 g/mol. The van der Waals surface area contributed by atoms with E-state index in [1.807, 2.05) is 0 Å². The molecule has 3 rings (SSSR count). The molecule has 2 aromatic carbocycles. The summed E-state index contributed by atoms with van der Waals surface area (Å²) in [6, 6.07) is 17.1. The van der Waals surface area contributed by atoms with Gasteiger partial charge in [0.2, 0.25) is 0 Å². The number of hydrogen-bond acceptors (Lipinski definition) is 4. The van der Waals surface area contributed by atoms with Gasteiger partial charge in [-0.15, -0.1) is 0 Å². The number of hydrazone groups is 1. The quantitative estimate of drug-likeness (QED) is 0.501. The Morgan fingerprint density at radius 1 is 1.12 bits per heavy atom. The maximum absolute atomic E-state index is 11.9. The highest BCUT2D eigenvalue weighted by Crippen LogP contribution is 2.31. The third kappa shape index (κ3) is 4.32. The molecule has 0 spiro atoms. The number of carbonyl (C=O) groups is 1. The summed E-state index contributed by atoms with van der Waals surface area (Å²) in [6.07, 6.45) is 0.0385. The van der Waals surface area contributed by atoms with Crippen LogP contribution in [0.5, 0.6) is 0 Å². The molecule has 0 saturated heterocycles. The lowest BCUT2D eigenvalue weighted by molar-refractivity contribution is -0.129. The smallest absolute Gasteiger partial charge is 0.273 e. The van der Waals surface area contributed by atoms with Crippen molar-refractivity contribution in [1.29, 1.82) is 0 Å². The van der Waals surface area contributed by atoms with Crippen LogP contribution < -0.4 is 5.43 Å². The standard InChI is InChI=1S/C19H14Cl2N2O3/c20-13-6-8-15(16(21)10-13)17-9-7-14(26-17)11-22-23-19(25)18(24)12-4-2-1-3-5-12/h1-11,18,24H,(H,23,25)/b22-11-/t18-/m1/s1. The molecule has 0 bridgehead atoms. The molecule has 1 heterocycles. The lowest BCUT2D eigenvalue weighted by Gasteiger charge is -2.08. The number of benzene rings is 2. The van der Waals surface area contributed by atoms with E-state index in [2.05, 4.69) is 10.5 Å². The highest BCUT2D eigenvalue weighted by atomic mass is 35.5. The fraction of sp³-hybridized carbons (Fsp3) is 0.0526. The Hall–Kier alpha value is -2.60. The Bertz CT molecular complexity index is 939. The molecule has 0 aliphatic rings. The van der Waals surface area contributed by atoms with E-state index in [1.165, 1.54) is 6.21 Å². The fourth-order valence-electron chi connectivity index (χ4n) is 2.26. The molecule has 0 saturated carbocycles. The van der Waals surface area contributed by atoms with Crippen LogP contribution >= 0.6 is 23.2 Å². The molecule has 1 amide bonds. The summed E-state index contributed by atoms with van der Waals surface area (Å²) in [5.41, 5.74) is 3.45. The third-order valence-electron chi connectivity index (χ3n) is 3.55. The van der Waals surface area contributed by atoms with E-state index >= 15 is 0 Å². The van der Waals surface area contributed by atoms with Gasteiger partial charge in [-0.2, -0.15) is 5.10 Å². The van der Waals surface area contributed by atoms with Gasteiger partial charge in [-0.25, -0.2) is 5.43 Å². The Morgan fingerprint density at radius 2 is 1.88 bits per heavy atom. The number of aliphatic hydroxyl groups is 1. The van der Waals surface area contributed by atoms with Crippen molar-refractivity contribution >= 4 is 35.3 Å². The van der Waals surface area contributed by atoms with E-state index in [1.54, 1.807) is 60.7 Å². The first-order valence-corrected chi connectivity index (χ1v) is 8.41. The van der Waals surface area contributed by atoms with Crippen LogP contribution in [0.1, 0.15) is 17.4 Å². The average Bonchev–Trinajstić information content (AvgIpc) is 3.10. The number of rotatable bonds is 5. The number of amides is 1. The van der Waals surface area contributed by atoms with Gasteiger partial charge in [0.25, 0.3) is 5.91 Å². The second-order valence-corrected chi connectivity index (χ2v) is 6.22. The van der Waals surface area contributed by atoms with Gasteiger partial charge in [-0.1, -0.05) is 53.5 Å². The highest BCUT2D eigenvalue weighted by Gasteiger charge is 2.16. The van der Waals surface area contributed by atoms with E-state index in [4.69, 9.17) is 27.6 Å². The van der Waals surface area contributed by atoms with Gasteiger partial charge < -0.3 is 9.52 Å². The molecule has 0 radical (unpaired) electrons. The third-order valence-corrected chi connectivity index (χ3v) is 4.10. The van der Waals surface area contributed by atoms with Crippen molar-refractivity contribution in [2.45, 2.75) is 6.10 Å². The van der Waals surface area contributed by atoms with Crippen molar-refractivity contribution in [2.75, 3.05) is 0 Å². The first kappa shape index (κ1) is 18.2. The van der Waals surface area contributed by atoms with Gasteiger partial charge in [0.15, 0.2) is 6.10 Å². The van der Waals surface area contributed by atoms with Gasteiger partial charge in [0, 0.05) is 10.6 Å². The van der Waals surface area contributed by atoms with E-state index in [9.17, 15) is 9.90 Å². The zero-order valence-electron chi connectivity index (χ0n) is 13.4. The zero-order valence-corrected chi connectivity index (χ0v) is 14.9. The van der Waals surface area contributed by atoms with Gasteiger partial charge in [0.05, 0.1) is 11.2 Å². The Labute approximate surface area is 159 Å². The molecule has 1 atom stereocenters. The second kappa shape index (κ2) is 8.19. The van der Waals surface area contributed by atoms with E-state index in [0.29, 0.717) is 32.7 Å². The molecule has 0 fully saturated rings. The lowest BCUT2D eigenvalue weighted by Crippen LogP contribution is -2.25. The van der Waals surface area contributed by atoms with Gasteiger partial charge in [-0.3, -0.25) is 4.79 Å². The molecule has 3 aromatic rings. The summed E-state index contributed by atoms with van der Waals surface area (Å²) >= 11 is 12.0. The van der Waals surface area contributed by atoms with Crippen LogP contribution in [0.2, 0.25) is 10.0 Å². The Morgan fingerprint density at radius 3 is 2.62 bits per heavy atom. The SMILES string of the molecule is O=C(N/N=C\c1ccc(-c2ccc(Cl)cc2Cl)o1)[C@H](O)c1ccccc1. The molecule has 2 N–H and O–H groups in total. The van der Waals surface area contributed by atoms with Crippen LogP contribution in [0.4, 0.5) is 0 Å². The highest BCUT2D eigenvalue weighted by molar-refractivity contribution is 6.36. The van der Waals surface area contributed by atoms with Gasteiger partial charge in [-0.05, 0) is 35.9 Å². The molecular formula is C19H14Cl2N2O3. The molecule has 5 nitrogen and oxygen atoms in total. The molecule has 0 unspecified atom stereocenters. The van der Waals surface area contributed by atoms with Crippen LogP contribution in [0.25, 0.3) is 11.3 Å². The first-order chi connectivity index (χ1) is 12.5. The van der Waals surface area contributed by atoms with Crippen molar-refractivity contribution in [3.63, 3.8) is 0 Å². The van der Waals surface area contributed by atoms with Crippen molar-refractivity contribution in [3.8, 4) is 11.3 Å². The summed E-state index contributed by atoms with van der Waals surface area (Å²) in [5, 5.41) is 14.8. The summed E-state index contributed by atoms with van der Waals surface area (Å²) in [6.45, 7) is 0. The number of nitrogens with zero attached hydrogens (tertiary/aromatic N) is 1. The number of furan rings is 1. The summed E-state index contributed by atoms with van der Waals surface area (Å²) in [5.74, 6) is 0.323. The molecule has 7 heteroatoms. The van der Waals surface area contributed by atoms with Gasteiger partial charge >= 0.3 is 0 Å². The largest absolute Gasteiger partial charge is 0.455 e. The van der Waals surface area contributed by atoms with E-state index in [-0.39, 0.29) is 0 Å². The van der Waals surface area contributed by atoms with Crippen LogP contribution in [0.3, 0.4) is 0 Å². The van der Waals surface area contributed by atoms with E-state index in [0.717, 1.165) is 0 Å². The first-order valence-electron chi connectivity index (χ1n) is 7.66. The second-order valence-electron chi connectivity index (χ2n) is 5.37. The zero-order chi connectivity index (χ0) is 18.5. The maximum Gasteiger partial charge on any atom is 0.273 e. The Balaban J connectivity index is 1.64. The fourth-order valence-corrected chi connectivity index (χ4v) is 2.77. The molecule has 132 valence electrons. The minimum atomic E-state index is -1.30. The lowest BCUT2D eigenvalue weighted by atomic mass is 10.1. The monoisotopic (exact) mass is 388 g/mol. The summed E-state index contributed by atoms with van der Waals surface area (Å²) < 4.78 is 5.63. The van der Waals surface area contributed by atoms with Crippen LogP contribution in [0.15, 0.2) is 70.2 Å². The van der Waals surface area contributed by atoms with Gasteiger partial charge in [0.1, 0.15) is 11.5 Å². The van der Waals surface area contributed by atoms with Crippen molar-refractivity contribution < 1.29 is 14.3 Å². The van der Waals surface area contributed by atoms with Crippen molar-refractivity contribution in [3.05, 3.63) is 82.0 Å². The topological polar surface area (TPSA) is 74.8 Å². The maximum atomic E-state index is 11.9. The number of halogens is 2. The number of nitrogens with one attached hydrogen (secondary N) is 1. The van der Waals surface area contributed by atoms with Crippen molar-refractivity contribution in [2.24, 2.45) is 5.10 Å². The Kier molecular flexibility index (Phi) is 5.73. The minimum Gasteiger partial charge on any atom is -0.455 e. The molecule has 1 aromatic heterocycles. The predicted molar refractivity (Wildman–Crippen MR) is 101 cm³/mol. The predicted octanol–water partition coefficient (Wildman–Crippen LogP) is 4.44. The number of aliphatic hydroxyl groups excluding tert-OH is 1. The molecule has 26 heavy (non-hydrogen) atoms.